The molecule has 0 bridgehead atoms. The third-order valence-electron chi connectivity index (χ3n) is 2.66. The molecule has 0 spiro atoms. The first kappa shape index (κ1) is 11.0. The zero-order valence-electron chi connectivity index (χ0n) is 9.54. The minimum absolute atomic E-state index is 0.266. The number of fused-ring (bicyclic) bond motifs is 1. The van der Waals surface area contributed by atoms with Crippen molar-refractivity contribution in [2.75, 3.05) is 0 Å². The molecule has 0 saturated heterocycles. The third kappa shape index (κ3) is 2.28. The molecule has 0 saturated carbocycles. The number of ether oxygens (including phenoxy) is 1. The fourth-order valence-electron chi connectivity index (χ4n) is 1.77. The van der Waals surface area contributed by atoms with Crippen LogP contribution in [0.5, 0.6) is 11.5 Å². The summed E-state index contributed by atoms with van der Waals surface area (Å²) < 4.78 is 5.69. The average Bonchev–Trinajstić information content (AvgIpc) is 2.89. The molecule has 0 amide bonds. The van der Waals surface area contributed by atoms with Crippen molar-refractivity contribution in [3.8, 4) is 11.5 Å². The van der Waals surface area contributed by atoms with Gasteiger partial charge in [0.2, 0.25) is 0 Å². The van der Waals surface area contributed by atoms with Gasteiger partial charge in [-0.1, -0.05) is 12.1 Å². The van der Waals surface area contributed by atoms with E-state index in [0.717, 1.165) is 21.4 Å². The monoisotopic (exact) mass is 257 g/mol. The Balaban J connectivity index is 1.84. The lowest BCUT2D eigenvalue weighted by molar-refractivity contribution is 0.310. The van der Waals surface area contributed by atoms with Crippen molar-refractivity contribution < 1.29 is 9.84 Å². The van der Waals surface area contributed by atoms with Crippen molar-refractivity contribution in [1.29, 1.82) is 0 Å². The highest BCUT2D eigenvalue weighted by molar-refractivity contribution is 7.09. The number of phenols is 1. The molecule has 4 heteroatoms. The van der Waals surface area contributed by atoms with Gasteiger partial charge in [0, 0.05) is 6.20 Å². The van der Waals surface area contributed by atoms with Crippen LogP contribution in [0.3, 0.4) is 0 Å². The number of aromatic hydroxyl groups is 1. The lowest BCUT2D eigenvalue weighted by atomic mass is 10.1. The molecule has 0 atom stereocenters. The van der Waals surface area contributed by atoms with Crippen molar-refractivity contribution >= 4 is 22.1 Å². The van der Waals surface area contributed by atoms with E-state index in [9.17, 15) is 5.11 Å². The Labute approximate surface area is 108 Å². The van der Waals surface area contributed by atoms with Gasteiger partial charge < -0.3 is 9.84 Å². The van der Waals surface area contributed by atoms with Gasteiger partial charge in [-0.25, -0.2) is 0 Å². The second kappa shape index (κ2) is 4.66. The van der Waals surface area contributed by atoms with E-state index in [1.54, 1.807) is 35.2 Å². The lowest BCUT2D eigenvalue weighted by Gasteiger charge is -2.06. The summed E-state index contributed by atoms with van der Waals surface area (Å²) in [5, 5.41) is 11.5. The third-order valence-corrected chi connectivity index (χ3v) is 3.41. The zero-order valence-corrected chi connectivity index (χ0v) is 10.4. The molecule has 0 unspecified atom stereocenters. The molecule has 3 aromatic rings. The number of hydrogen-bond acceptors (Lipinski definition) is 4. The Bertz CT molecular complexity index is 665. The Morgan fingerprint density at radius 1 is 1.11 bits per heavy atom. The number of nitrogens with zero attached hydrogens (tertiary/aromatic N) is 1. The highest BCUT2D eigenvalue weighted by Gasteiger charge is 2.00. The average molecular weight is 257 g/mol. The summed E-state index contributed by atoms with van der Waals surface area (Å²) in [7, 11) is 0. The van der Waals surface area contributed by atoms with E-state index < -0.39 is 0 Å². The molecule has 0 fully saturated rings. The van der Waals surface area contributed by atoms with E-state index in [1.807, 2.05) is 24.3 Å². The lowest BCUT2D eigenvalue weighted by Crippen LogP contribution is -1.92. The first-order valence-corrected chi connectivity index (χ1v) is 6.42. The van der Waals surface area contributed by atoms with Crippen LogP contribution in [0.25, 0.3) is 10.8 Å². The van der Waals surface area contributed by atoms with Crippen molar-refractivity contribution in [3.63, 3.8) is 0 Å². The van der Waals surface area contributed by atoms with Gasteiger partial charge in [-0.05, 0) is 35.0 Å². The Kier molecular flexibility index (Phi) is 2.86. The molecule has 2 aromatic carbocycles. The second-order valence-corrected chi connectivity index (χ2v) is 4.92. The largest absolute Gasteiger partial charge is 0.508 e. The molecular formula is C14H11NO2S. The Hall–Kier alpha value is -2.07. The highest BCUT2D eigenvalue weighted by atomic mass is 32.1. The van der Waals surface area contributed by atoms with Gasteiger partial charge in [-0.2, -0.15) is 0 Å². The molecule has 0 aliphatic rings. The summed E-state index contributed by atoms with van der Waals surface area (Å²) in [6.07, 6.45) is 1.80. The van der Waals surface area contributed by atoms with E-state index in [4.69, 9.17) is 4.74 Å². The number of hydrogen-bond donors (Lipinski definition) is 1. The fourth-order valence-corrected chi connectivity index (χ4v) is 2.28. The van der Waals surface area contributed by atoms with E-state index in [1.165, 1.54) is 0 Å². The van der Waals surface area contributed by atoms with Gasteiger partial charge in [0.15, 0.2) is 0 Å². The molecule has 0 aliphatic carbocycles. The molecular weight excluding hydrogens is 246 g/mol. The van der Waals surface area contributed by atoms with Gasteiger partial charge in [0.05, 0.1) is 10.4 Å². The summed E-state index contributed by atoms with van der Waals surface area (Å²) in [6, 6.07) is 11.1. The standard InChI is InChI=1S/C14H11NO2S/c16-12-3-1-10-2-4-13(6-11(10)5-12)17-8-14-7-15-9-18-14/h1-7,9,16H,8H2. The molecule has 90 valence electrons. The SMILES string of the molecule is Oc1ccc2ccc(OCc3cncs3)cc2c1. The van der Waals surface area contributed by atoms with Crippen LogP contribution in [0.2, 0.25) is 0 Å². The van der Waals surface area contributed by atoms with Crippen LogP contribution in [0, 0.1) is 0 Å². The summed E-state index contributed by atoms with van der Waals surface area (Å²) in [5.74, 6) is 1.06. The number of phenolic OH excluding ortho intramolecular Hbond substituents is 1. The number of benzene rings is 2. The number of rotatable bonds is 3. The molecule has 1 heterocycles. The van der Waals surface area contributed by atoms with Crippen LogP contribution in [0.15, 0.2) is 48.1 Å². The maximum absolute atomic E-state index is 9.45. The van der Waals surface area contributed by atoms with Crippen molar-refractivity contribution in [1.82, 2.24) is 4.98 Å². The van der Waals surface area contributed by atoms with Gasteiger partial charge >= 0.3 is 0 Å². The van der Waals surface area contributed by atoms with E-state index in [-0.39, 0.29) is 5.75 Å². The Morgan fingerprint density at radius 2 is 2.00 bits per heavy atom. The van der Waals surface area contributed by atoms with Crippen LogP contribution in [-0.4, -0.2) is 10.1 Å². The van der Waals surface area contributed by atoms with Crippen molar-refractivity contribution in [2.24, 2.45) is 0 Å². The minimum atomic E-state index is 0.266. The molecule has 0 aliphatic heterocycles. The first-order valence-electron chi connectivity index (χ1n) is 5.54. The normalized spacial score (nSPS) is 10.7. The maximum atomic E-state index is 9.45. The molecule has 18 heavy (non-hydrogen) atoms. The minimum Gasteiger partial charge on any atom is -0.508 e. The smallest absolute Gasteiger partial charge is 0.124 e. The van der Waals surface area contributed by atoms with Gasteiger partial charge in [0.25, 0.3) is 0 Å². The van der Waals surface area contributed by atoms with Crippen LogP contribution < -0.4 is 4.74 Å². The van der Waals surface area contributed by atoms with Crippen LogP contribution in [-0.2, 0) is 6.61 Å². The second-order valence-electron chi connectivity index (χ2n) is 3.95. The summed E-state index contributed by atoms with van der Waals surface area (Å²) in [6.45, 7) is 0.523. The number of aromatic nitrogens is 1. The van der Waals surface area contributed by atoms with Crippen molar-refractivity contribution in [3.05, 3.63) is 53.0 Å². The quantitative estimate of drug-likeness (QED) is 0.779. The summed E-state index contributed by atoms with van der Waals surface area (Å²) in [5.41, 5.74) is 1.79. The van der Waals surface area contributed by atoms with Crippen LogP contribution in [0.4, 0.5) is 0 Å². The zero-order chi connectivity index (χ0) is 12.4. The first-order chi connectivity index (χ1) is 8.81. The molecule has 3 rings (SSSR count). The predicted octanol–water partition coefficient (Wildman–Crippen LogP) is 3.58. The van der Waals surface area contributed by atoms with Gasteiger partial charge in [0.1, 0.15) is 18.1 Å². The van der Waals surface area contributed by atoms with Gasteiger partial charge in [-0.3, -0.25) is 4.98 Å². The van der Waals surface area contributed by atoms with E-state index in [2.05, 4.69) is 4.98 Å². The summed E-state index contributed by atoms with van der Waals surface area (Å²) in [4.78, 5) is 5.09. The highest BCUT2D eigenvalue weighted by Crippen LogP contribution is 2.25. The van der Waals surface area contributed by atoms with Crippen LogP contribution in [0.1, 0.15) is 4.88 Å². The maximum Gasteiger partial charge on any atom is 0.124 e. The van der Waals surface area contributed by atoms with Crippen LogP contribution >= 0.6 is 11.3 Å². The van der Waals surface area contributed by atoms with E-state index in [0.29, 0.717) is 6.61 Å². The summed E-state index contributed by atoms with van der Waals surface area (Å²) >= 11 is 1.57. The predicted molar refractivity (Wildman–Crippen MR) is 72.1 cm³/mol. The van der Waals surface area contributed by atoms with E-state index >= 15 is 0 Å². The molecule has 1 N–H and O–H groups in total. The number of thiazole rings is 1. The topological polar surface area (TPSA) is 42.4 Å². The molecule has 1 aromatic heterocycles. The molecule has 0 radical (unpaired) electrons. The Morgan fingerprint density at radius 3 is 2.83 bits per heavy atom. The van der Waals surface area contributed by atoms with Gasteiger partial charge in [-0.15, -0.1) is 11.3 Å². The van der Waals surface area contributed by atoms with Crippen molar-refractivity contribution in [2.45, 2.75) is 6.61 Å². The fraction of sp³-hybridized carbons (Fsp3) is 0.0714. The molecule has 3 nitrogen and oxygen atoms in total.